The number of nitrogens with one attached hydrogen (secondary N) is 2. The largest absolute Gasteiger partial charge is 0.357 e. The molecule has 0 radical (unpaired) electrons. The number of rotatable bonds is 9. The zero-order chi connectivity index (χ0) is 18.8. The van der Waals surface area contributed by atoms with Gasteiger partial charge in [0.15, 0.2) is 15.8 Å². The second kappa shape index (κ2) is 10.3. The van der Waals surface area contributed by atoms with E-state index in [-0.39, 0.29) is 5.75 Å². The number of nitrogens with zero attached hydrogens (tertiary/aromatic N) is 2. The van der Waals surface area contributed by atoms with Crippen molar-refractivity contribution in [2.75, 3.05) is 25.4 Å². The molecule has 26 heavy (non-hydrogen) atoms. The Hall–Kier alpha value is -1.93. The Balaban J connectivity index is 1.79. The van der Waals surface area contributed by atoms with E-state index in [1.54, 1.807) is 35.6 Å². The van der Waals surface area contributed by atoms with E-state index in [0.717, 1.165) is 24.5 Å². The van der Waals surface area contributed by atoms with Crippen LogP contribution in [0.3, 0.4) is 0 Å². The Kier molecular flexibility index (Phi) is 8.06. The predicted molar refractivity (Wildman–Crippen MR) is 108 cm³/mol. The first kappa shape index (κ1) is 20.4. The molecule has 0 aliphatic rings. The zero-order valence-electron chi connectivity index (χ0n) is 15.2. The highest BCUT2D eigenvalue weighted by molar-refractivity contribution is 7.91. The van der Waals surface area contributed by atoms with Crippen LogP contribution in [0.2, 0.25) is 0 Å². The number of thiazole rings is 1. The molecule has 0 atom stereocenters. The van der Waals surface area contributed by atoms with E-state index in [4.69, 9.17) is 0 Å². The Bertz CT molecular complexity index is 802. The molecule has 1 heterocycles. The van der Waals surface area contributed by atoms with Crippen molar-refractivity contribution in [3.8, 4) is 0 Å². The van der Waals surface area contributed by atoms with Gasteiger partial charge in [0.05, 0.1) is 15.7 Å². The number of sulfone groups is 1. The van der Waals surface area contributed by atoms with Gasteiger partial charge in [-0.25, -0.2) is 13.4 Å². The lowest BCUT2D eigenvalue weighted by atomic mass is 10.4. The van der Waals surface area contributed by atoms with Crippen LogP contribution in [-0.2, 0) is 16.3 Å². The average Bonchev–Trinajstić information content (AvgIpc) is 3.04. The maximum Gasteiger partial charge on any atom is 0.191 e. The summed E-state index contributed by atoms with van der Waals surface area (Å²) < 4.78 is 24.5. The van der Waals surface area contributed by atoms with Crippen molar-refractivity contribution < 1.29 is 8.42 Å². The summed E-state index contributed by atoms with van der Waals surface area (Å²) in [4.78, 5) is 10.4. The molecular formula is C18H26N4O2S2. The number of hydrogen-bond donors (Lipinski definition) is 2. The van der Waals surface area contributed by atoms with Gasteiger partial charge in [-0.1, -0.05) is 18.2 Å². The highest BCUT2D eigenvalue weighted by Crippen LogP contribution is 2.11. The van der Waals surface area contributed by atoms with Crippen molar-refractivity contribution in [2.45, 2.75) is 31.6 Å². The lowest BCUT2D eigenvalue weighted by Crippen LogP contribution is -2.38. The second-order valence-electron chi connectivity index (χ2n) is 5.79. The number of hydrogen-bond acceptors (Lipinski definition) is 5. The summed E-state index contributed by atoms with van der Waals surface area (Å²) in [6.07, 6.45) is 3.21. The number of guanidine groups is 1. The van der Waals surface area contributed by atoms with Crippen molar-refractivity contribution in [2.24, 2.45) is 4.99 Å². The van der Waals surface area contributed by atoms with Crippen molar-refractivity contribution in [3.05, 3.63) is 46.4 Å². The van der Waals surface area contributed by atoms with Crippen LogP contribution in [0.4, 0.5) is 0 Å². The van der Waals surface area contributed by atoms with Gasteiger partial charge in [0.1, 0.15) is 0 Å². The van der Waals surface area contributed by atoms with Gasteiger partial charge in [-0.3, -0.25) is 4.99 Å². The second-order valence-corrected chi connectivity index (χ2v) is 9.22. The number of benzene rings is 1. The first-order valence-electron chi connectivity index (χ1n) is 8.72. The van der Waals surface area contributed by atoms with Gasteiger partial charge in [0.2, 0.25) is 0 Å². The molecule has 0 saturated heterocycles. The van der Waals surface area contributed by atoms with Crippen LogP contribution in [-0.4, -0.2) is 44.7 Å². The minimum absolute atomic E-state index is 0.0955. The summed E-state index contributed by atoms with van der Waals surface area (Å²) in [6.45, 7) is 5.99. The molecule has 8 heteroatoms. The molecule has 0 saturated carbocycles. The molecule has 2 aromatic rings. The average molecular weight is 395 g/mol. The maximum absolute atomic E-state index is 12.2. The highest BCUT2D eigenvalue weighted by Gasteiger charge is 2.12. The third kappa shape index (κ3) is 6.76. The van der Waals surface area contributed by atoms with Gasteiger partial charge in [-0.05, 0) is 32.4 Å². The standard InChI is InChI=1S/C18H26N4O2S2/c1-3-19-18(21-12-10-17-22-14-15(2)25-17)20-11-7-13-26(23,24)16-8-5-4-6-9-16/h4-6,8-9,14H,3,7,10-13H2,1-2H3,(H2,19,20,21). The molecule has 2 rings (SSSR count). The molecule has 0 aliphatic heterocycles. The molecule has 1 aromatic carbocycles. The minimum atomic E-state index is -3.24. The predicted octanol–water partition coefficient (Wildman–Crippen LogP) is 2.41. The Morgan fingerprint density at radius 3 is 2.65 bits per heavy atom. The summed E-state index contributed by atoms with van der Waals surface area (Å²) in [5.41, 5.74) is 0. The highest BCUT2D eigenvalue weighted by atomic mass is 32.2. The maximum atomic E-state index is 12.2. The molecule has 6 nitrogen and oxygen atoms in total. The van der Waals surface area contributed by atoms with E-state index in [1.165, 1.54) is 4.88 Å². The lowest BCUT2D eigenvalue weighted by Gasteiger charge is -2.10. The molecule has 0 fully saturated rings. The molecule has 0 aliphatic carbocycles. The number of aryl methyl sites for hydroxylation is 1. The third-order valence-electron chi connectivity index (χ3n) is 3.59. The van der Waals surface area contributed by atoms with Crippen LogP contribution < -0.4 is 10.6 Å². The van der Waals surface area contributed by atoms with Crippen molar-refractivity contribution in [1.82, 2.24) is 15.6 Å². The quantitative estimate of drug-likeness (QED) is 0.388. The van der Waals surface area contributed by atoms with Crippen molar-refractivity contribution in [3.63, 3.8) is 0 Å². The lowest BCUT2D eigenvalue weighted by molar-refractivity contribution is 0.593. The SMILES string of the molecule is CCNC(=NCCCS(=O)(=O)c1ccccc1)NCCc1ncc(C)s1. The first-order valence-corrected chi connectivity index (χ1v) is 11.2. The molecule has 142 valence electrons. The minimum Gasteiger partial charge on any atom is -0.357 e. The van der Waals surface area contributed by atoms with Crippen molar-refractivity contribution in [1.29, 1.82) is 0 Å². The van der Waals surface area contributed by atoms with Gasteiger partial charge < -0.3 is 10.6 Å². The van der Waals surface area contributed by atoms with Gasteiger partial charge in [-0.2, -0.15) is 0 Å². The summed E-state index contributed by atoms with van der Waals surface area (Å²) in [5, 5.41) is 7.54. The molecule has 0 amide bonds. The first-order chi connectivity index (χ1) is 12.5. The zero-order valence-corrected chi connectivity index (χ0v) is 16.9. The van der Waals surface area contributed by atoms with E-state index >= 15 is 0 Å². The van der Waals surface area contributed by atoms with Crippen LogP contribution in [0, 0.1) is 6.92 Å². The van der Waals surface area contributed by atoms with Gasteiger partial charge >= 0.3 is 0 Å². The third-order valence-corrected chi connectivity index (χ3v) is 6.38. The van der Waals surface area contributed by atoms with E-state index in [9.17, 15) is 8.42 Å². The Labute approximate surface area is 159 Å². The number of aliphatic imine (C=N–C) groups is 1. The van der Waals surface area contributed by atoms with Gasteiger partial charge in [-0.15, -0.1) is 11.3 Å². The molecule has 0 spiro atoms. The summed E-state index contributed by atoms with van der Waals surface area (Å²) >= 11 is 1.70. The van der Waals surface area contributed by atoms with E-state index in [1.807, 2.05) is 26.1 Å². The molecule has 0 unspecified atom stereocenters. The van der Waals surface area contributed by atoms with E-state index in [0.29, 0.717) is 23.8 Å². The Morgan fingerprint density at radius 2 is 2.00 bits per heavy atom. The van der Waals surface area contributed by atoms with Crippen LogP contribution in [0.5, 0.6) is 0 Å². The fourth-order valence-corrected chi connectivity index (χ4v) is 4.44. The molecule has 2 N–H and O–H groups in total. The molecule has 1 aromatic heterocycles. The fourth-order valence-electron chi connectivity index (χ4n) is 2.34. The van der Waals surface area contributed by atoms with Crippen LogP contribution >= 0.6 is 11.3 Å². The smallest absolute Gasteiger partial charge is 0.191 e. The summed E-state index contributed by atoms with van der Waals surface area (Å²) in [6, 6.07) is 8.55. The van der Waals surface area contributed by atoms with Crippen LogP contribution in [0.15, 0.2) is 46.4 Å². The summed E-state index contributed by atoms with van der Waals surface area (Å²) in [5.74, 6) is 0.802. The molecular weight excluding hydrogens is 368 g/mol. The normalized spacial score (nSPS) is 12.2. The monoisotopic (exact) mass is 394 g/mol. The Morgan fingerprint density at radius 1 is 1.23 bits per heavy atom. The van der Waals surface area contributed by atoms with Crippen LogP contribution in [0.1, 0.15) is 23.2 Å². The number of aromatic nitrogens is 1. The van der Waals surface area contributed by atoms with E-state index < -0.39 is 9.84 Å². The fraction of sp³-hybridized carbons (Fsp3) is 0.444. The van der Waals surface area contributed by atoms with Crippen LogP contribution in [0.25, 0.3) is 0 Å². The van der Waals surface area contributed by atoms with E-state index in [2.05, 4.69) is 20.6 Å². The molecule has 0 bridgehead atoms. The van der Waals surface area contributed by atoms with Gasteiger partial charge in [0, 0.05) is 37.1 Å². The van der Waals surface area contributed by atoms with Gasteiger partial charge in [0.25, 0.3) is 0 Å². The topological polar surface area (TPSA) is 83.5 Å². The summed E-state index contributed by atoms with van der Waals surface area (Å²) in [7, 11) is -3.24. The van der Waals surface area contributed by atoms with Crippen molar-refractivity contribution >= 4 is 27.1 Å².